The molecule has 2 heterocycles. The van der Waals surface area contributed by atoms with Crippen molar-refractivity contribution in [2.75, 3.05) is 5.32 Å². The second kappa shape index (κ2) is 5.50. The third-order valence-electron chi connectivity index (χ3n) is 2.60. The second-order valence-corrected chi connectivity index (χ2v) is 5.78. The average Bonchev–Trinajstić information content (AvgIpc) is 2.91. The molecule has 0 fully saturated rings. The molecule has 5 nitrogen and oxygen atoms in total. The summed E-state index contributed by atoms with van der Waals surface area (Å²) in [4.78, 5) is 16.0. The Morgan fingerprint density at radius 1 is 1.25 bits per heavy atom. The van der Waals surface area contributed by atoms with Crippen molar-refractivity contribution in [3.63, 3.8) is 0 Å². The number of nitrogens with one attached hydrogen (secondary N) is 1. The number of aromatic nitrogens is 1. The number of nitrogens with zero attached hydrogens (tertiary/aromatic N) is 3. The maximum atomic E-state index is 12.2. The van der Waals surface area contributed by atoms with Crippen LogP contribution < -0.4 is 5.32 Å². The van der Waals surface area contributed by atoms with Crippen molar-refractivity contribution < 1.29 is 4.79 Å². The first-order valence-corrected chi connectivity index (χ1v) is 7.77. The van der Waals surface area contributed by atoms with Gasteiger partial charge in [-0.05, 0) is 0 Å². The first-order chi connectivity index (χ1) is 9.65. The van der Waals surface area contributed by atoms with E-state index in [0.29, 0.717) is 11.4 Å². The summed E-state index contributed by atoms with van der Waals surface area (Å²) in [5.74, 6) is -0.359. The molecule has 100 valence electrons. The Morgan fingerprint density at radius 3 is 2.95 bits per heavy atom. The van der Waals surface area contributed by atoms with Gasteiger partial charge in [0.15, 0.2) is 0 Å². The Balaban J connectivity index is 1.93. The van der Waals surface area contributed by atoms with Crippen LogP contribution in [0.15, 0.2) is 38.4 Å². The van der Waals surface area contributed by atoms with E-state index in [-0.39, 0.29) is 36.2 Å². The molecular weight excluding hydrogens is 366 g/mol. The molecule has 20 heavy (non-hydrogen) atoms. The third-order valence-corrected chi connectivity index (χ3v) is 4.25. The SMILES string of the molecule is O=C(Nc1cccc2c1N=[Se]=N2)c1cc(Cl)ncc1Cl. The third kappa shape index (κ3) is 2.55. The summed E-state index contributed by atoms with van der Waals surface area (Å²) in [6.07, 6.45) is 1.34. The molecule has 0 saturated carbocycles. The Labute approximate surface area is 130 Å². The van der Waals surface area contributed by atoms with Gasteiger partial charge in [0.05, 0.1) is 0 Å². The van der Waals surface area contributed by atoms with E-state index in [4.69, 9.17) is 23.2 Å². The van der Waals surface area contributed by atoms with Crippen LogP contribution >= 0.6 is 23.2 Å². The number of carbonyl (C=O) groups excluding carboxylic acids is 1. The van der Waals surface area contributed by atoms with E-state index < -0.39 is 0 Å². The predicted octanol–water partition coefficient (Wildman–Crippen LogP) is 3.99. The molecule has 0 aliphatic carbocycles. The number of halogens is 2. The van der Waals surface area contributed by atoms with Crippen LogP contribution in [-0.4, -0.2) is 25.5 Å². The van der Waals surface area contributed by atoms with E-state index in [1.807, 2.05) is 12.1 Å². The van der Waals surface area contributed by atoms with Gasteiger partial charge in [0.25, 0.3) is 0 Å². The number of benzene rings is 1. The molecule has 0 spiro atoms. The summed E-state index contributed by atoms with van der Waals surface area (Å²) in [5, 5.41) is 3.22. The van der Waals surface area contributed by atoms with E-state index in [2.05, 4.69) is 18.2 Å². The van der Waals surface area contributed by atoms with Gasteiger partial charge in [-0.15, -0.1) is 0 Å². The van der Waals surface area contributed by atoms with Crippen molar-refractivity contribution in [2.24, 2.45) is 7.92 Å². The van der Waals surface area contributed by atoms with Crippen LogP contribution in [0, 0.1) is 0 Å². The molecule has 2 aromatic rings. The molecule has 1 aliphatic rings. The van der Waals surface area contributed by atoms with Gasteiger partial charge in [-0.3, -0.25) is 0 Å². The van der Waals surface area contributed by atoms with Crippen LogP contribution in [0.2, 0.25) is 10.2 Å². The molecular formula is C12H6Cl2N4OSe. The van der Waals surface area contributed by atoms with Crippen LogP contribution in [0.3, 0.4) is 0 Å². The second-order valence-electron chi connectivity index (χ2n) is 3.88. The van der Waals surface area contributed by atoms with E-state index >= 15 is 0 Å². The fourth-order valence-electron chi connectivity index (χ4n) is 1.68. The number of rotatable bonds is 2. The van der Waals surface area contributed by atoms with Gasteiger partial charge in [-0.2, -0.15) is 0 Å². The number of hydrogen-bond acceptors (Lipinski definition) is 4. The van der Waals surface area contributed by atoms with Crippen LogP contribution in [0.5, 0.6) is 0 Å². The zero-order chi connectivity index (χ0) is 14.1. The number of hydrogen-bond donors (Lipinski definition) is 1. The molecule has 1 aromatic carbocycles. The minimum atomic E-state index is -0.359. The van der Waals surface area contributed by atoms with Gasteiger partial charge in [0.2, 0.25) is 0 Å². The van der Waals surface area contributed by atoms with Gasteiger partial charge < -0.3 is 0 Å². The Kier molecular flexibility index (Phi) is 3.72. The number of anilines is 1. The van der Waals surface area contributed by atoms with E-state index in [1.165, 1.54) is 12.3 Å². The number of amides is 1. The topological polar surface area (TPSA) is 66.7 Å². The van der Waals surface area contributed by atoms with Gasteiger partial charge in [0, 0.05) is 0 Å². The fourth-order valence-corrected chi connectivity index (χ4v) is 3.18. The summed E-state index contributed by atoms with van der Waals surface area (Å²) in [7, 11) is 0. The summed E-state index contributed by atoms with van der Waals surface area (Å²) < 4.78 is 8.55. The molecule has 1 aromatic heterocycles. The molecule has 3 rings (SSSR count). The molecule has 8 heteroatoms. The zero-order valence-corrected chi connectivity index (χ0v) is 13.0. The molecule has 0 saturated heterocycles. The fraction of sp³-hybridized carbons (Fsp3) is 0. The minimum absolute atomic E-state index is 0.152. The monoisotopic (exact) mass is 372 g/mol. The summed E-state index contributed by atoms with van der Waals surface area (Å²) in [6.45, 7) is 0. The summed E-state index contributed by atoms with van der Waals surface area (Å²) in [6, 6.07) is 6.87. The van der Waals surface area contributed by atoms with Crippen molar-refractivity contribution in [3.8, 4) is 0 Å². The van der Waals surface area contributed by atoms with Gasteiger partial charge >= 0.3 is 130 Å². The van der Waals surface area contributed by atoms with E-state index in [1.54, 1.807) is 6.07 Å². The Hall–Kier alpha value is -1.46. The number of fused-ring (bicyclic) bond motifs is 1. The average molecular weight is 372 g/mol. The zero-order valence-electron chi connectivity index (χ0n) is 9.80. The van der Waals surface area contributed by atoms with Crippen molar-refractivity contribution in [3.05, 3.63) is 46.2 Å². The van der Waals surface area contributed by atoms with Crippen molar-refractivity contribution in [1.82, 2.24) is 4.98 Å². The molecule has 1 aliphatic heterocycles. The Morgan fingerprint density at radius 2 is 2.10 bits per heavy atom. The standard InChI is InChI=1S/C12H6Cl2N4OSe/c13-7-5-15-10(14)4-6(7)12(19)16-8-2-1-3-9-11(8)18-20-17-9/h1-5H,(H,16,19). The van der Waals surface area contributed by atoms with Gasteiger partial charge in [0.1, 0.15) is 0 Å². The number of pyridine rings is 1. The normalized spacial score (nSPS) is 11.9. The van der Waals surface area contributed by atoms with Crippen LogP contribution in [0.1, 0.15) is 10.4 Å². The maximum absolute atomic E-state index is 12.2. The molecule has 0 atom stereocenters. The quantitative estimate of drug-likeness (QED) is 0.546. The van der Waals surface area contributed by atoms with E-state index in [0.717, 1.165) is 5.69 Å². The Bertz CT molecular complexity index is 787. The van der Waals surface area contributed by atoms with Crippen LogP contribution in [-0.2, 0) is 0 Å². The molecule has 1 amide bonds. The molecule has 0 bridgehead atoms. The first-order valence-electron chi connectivity index (χ1n) is 5.49. The van der Waals surface area contributed by atoms with Crippen molar-refractivity contribution in [1.29, 1.82) is 0 Å². The van der Waals surface area contributed by atoms with Crippen LogP contribution in [0.25, 0.3) is 0 Å². The van der Waals surface area contributed by atoms with Crippen LogP contribution in [0.4, 0.5) is 17.1 Å². The molecule has 0 radical (unpaired) electrons. The molecule has 0 unspecified atom stereocenters. The first kappa shape index (κ1) is 13.5. The predicted molar refractivity (Wildman–Crippen MR) is 78.6 cm³/mol. The van der Waals surface area contributed by atoms with Crippen molar-refractivity contribution >= 4 is 60.7 Å². The van der Waals surface area contributed by atoms with Crippen molar-refractivity contribution in [2.45, 2.75) is 0 Å². The van der Waals surface area contributed by atoms with Gasteiger partial charge in [-0.25, -0.2) is 0 Å². The molecule has 1 N–H and O–H groups in total. The van der Waals surface area contributed by atoms with E-state index in [9.17, 15) is 4.79 Å². The summed E-state index contributed by atoms with van der Waals surface area (Å²) >= 11 is 11.6. The summed E-state index contributed by atoms with van der Waals surface area (Å²) in [5.41, 5.74) is 2.38. The van der Waals surface area contributed by atoms with Gasteiger partial charge in [-0.1, -0.05) is 0 Å². The number of carbonyl (C=O) groups is 1.